The van der Waals surface area contributed by atoms with Crippen molar-refractivity contribution < 1.29 is 0 Å². The largest absolute Gasteiger partial charge is 0.369 e. The van der Waals surface area contributed by atoms with Crippen LogP contribution < -0.4 is 14.7 Å². The molecule has 5 heteroatoms. The Labute approximate surface area is 151 Å². The minimum atomic E-state index is 0.998. The molecule has 3 heterocycles. The third-order valence-corrected chi connectivity index (χ3v) is 4.70. The summed E-state index contributed by atoms with van der Waals surface area (Å²) in [6.07, 6.45) is 7.97. The molecule has 0 aromatic carbocycles. The normalized spacial score (nSPS) is 14.6. The summed E-state index contributed by atoms with van der Waals surface area (Å²) in [5, 5.41) is 0. The van der Waals surface area contributed by atoms with E-state index in [-0.39, 0.29) is 0 Å². The van der Waals surface area contributed by atoms with Crippen LogP contribution in [0.5, 0.6) is 0 Å². The monoisotopic (exact) mass is 339 g/mol. The van der Waals surface area contributed by atoms with Gasteiger partial charge in [0.05, 0.1) is 5.69 Å². The minimum Gasteiger partial charge on any atom is -0.369 e. The predicted octanol–water partition coefficient (Wildman–Crippen LogP) is 3.43. The Morgan fingerprint density at radius 2 is 1.52 bits per heavy atom. The Morgan fingerprint density at radius 3 is 2.16 bits per heavy atom. The smallest absolute Gasteiger partial charge is 0.152 e. The average molecular weight is 339 g/mol. The lowest BCUT2D eigenvalue weighted by Gasteiger charge is -2.38. The zero-order valence-electron chi connectivity index (χ0n) is 15.4. The van der Waals surface area contributed by atoms with Gasteiger partial charge < -0.3 is 14.7 Å². The van der Waals surface area contributed by atoms with E-state index < -0.39 is 0 Å². The summed E-state index contributed by atoms with van der Waals surface area (Å²) in [6, 6.07) is 8.46. The number of rotatable bonds is 7. The summed E-state index contributed by atoms with van der Waals surface area (Å²) in [6.45, 7) is 10.7. The highest BCUT2D eigenvalue weighted by Gasteiger charge is 2.22. The second-order valence-corrected chi connectivity index (χ2v) is 6.51. The molecular weight excluding hydrogens is 310 g/mol. The van der Waals surface area contributed by atoms with E-state index in [4.69, 9.17) is 4.98 Å². The van der Waals surface area contributed by atoms with Gasteiger partial charge in [0.2, 0.25) is 0 Å². The number of nitrogens with zero attached hydrogens (tertiary/aromatic N) is 5. The molecule has 1 saturated heterocycles. The van der Waals surface area contributed by atoms with Gasteiger partial charge in [-0.05, 0) is 37.1 Å². The number of anilines is 3. The van der Waals surface area contributed by atoms with Crippen molar-refractivity contribution in [3.05, 3.63) is 42.9 Å². The fourth-order valence-electron chi connectivity index (χ4n) is 3.50. The van der Waals surface area contributed by atoms with Gasteiger partial charge in [0, 0.05) is 63.5 Å². The third-order valence-electron chi connectivity index (χ3n) is 4.70. The van der Waals surface area contributed by atoms with Crippen LogP contribution in [0.1, 0.15) is 26.7 Å². The molecule has 1 aliphatic rings. The number of aromatic nitrogens is 2. The molecule has 0 atom stereocenters. The standard InChI is InChI=1S/C20H29N5/c1-3-12-24(13-4-2)19-6-5-9-22-20(19)25-16-14-23(15-17-25)18-7-10-21-11-8-18/h5-11H,3-4,12-17H2,1-2H3. The quantitative estimate of drug-likeness (QED) is 0.772. The molecule has 0 unspecified atom stereocenters. The van der Waals surface area contributed by atoms with Crippen LogP contribution in [-0.4, -0.2) is 49.2 Å². The molecule has 2 aromatic heterocycles. The molecule has 0 radical (unpaired) electrons. The van der Waals surface area contributed by atoms with Gasteiger partial charge in [-0.25, -0.2) is 4.98 Å². The Hall–Kier alpha value is -2.30. The van der Waals surface area contributed by atoms with Crippen LogP contribution in [0, 0.1) is 0 Å². The van der Waals surface area contributed by atoms with E-state index in [1.165, 1.54) is 11.4 Å². The summed E-state index contributed by atoms with van der Waals surface area (Å²) in [4.78, 5) is 16.2. The molecule has 2 aromatic rings. The fraction of sp³-hybridized carbons (Fsp3) is 0.500. The van der Waals surface area contributed by atoms with Crippen molar-refractivity contribution in [1.82, 2.24) is 9.97 Å². The summed E-state index contributed by atoms with van der Waals surface area (Å²) in [5.41, 5.74) is 2.54. The van der Waals surface area contributed by atoms with Crippen molar-refractivity contribution in [2.24, 2.45) is 0 Å². The lowest BCUT2D eigenvalue weighted by atomic mass is 10.2. The Bertz CT molecular complexity index is 632. The van der Waals surface area contributed by atoms with Crippen molar-refractivity contribution >= 4 is 17.2 Å². The van der Waals surface area contributed by atoms with Gasteiger partial charge in [-0.1, -0.05) is 13.8 Å². The number of pyridine rings is 2. The van der Waals surface area contributed by atoms with E-state index in [1.54, 1.807) is 0 Å². The number of hydrogen-bond acceptors (Lipinski definition) is 5. The molecule has 3 rings (SSSR count). The first-order valence-corrected chi connectivity index (χ1v) is 9.43. The molecule has 1 fully saturated rings. The molecular formula is C20H29N5. The zero-order valence-corrected chi connectivity index (χ0v) is 15.4. The molecule has 0 amide bonds. The van der Waals surface area contributed by atoms with Crippen molar-refractivity contribution in [2.45, 2.75) is 26.7 Å². The average Bonchev–Trinajstić information content (AvgIpc) is 2.69. The first kappa shape index (κ1) is 17.5. The van der Waals surface area contributed by atoms with Crippen molar-refractivity contribution in [3.8, 4) is 0 Å². The van der Waals surface area contributed by atoms with Crippen LogP contribution in [-0.2, 0) is 0 Å². The van der Waals surface area contributed by atoms with Gasteiger partial charge in [-0.2, -0.15) is 0 Å². The van der Waals surface area contributed by atoms with E-state index in [9.17, 15) is 0 Å². The third kappa shape index (κ3) is 4.21. The predicted molar refractivity (Wildman–Crippen MR) is 106 cm³/mol. The van der Waals surface area contributed by atoms with Crippen molar-refractivity contribution in [2.75, 3.05) is 54.0 Å². The van der Waals surface area contributed by atoms with E-state index >= 15 is 0 Å². The van der Waals surface area contributed by atoms with Gasteiger partial charge in [0.25, 0.3) is 0 Å². The molecule has 0 aliphatic carbocycles. The summed E-state index contributed by atoms with van der Waals surface area (Å²) >= 11 is 0. The molecule has 0 N–H and O–H groups in total. The van der Waals surface area contributed by atoms with Crippen LogP contribution in [0.4, 0.5) is 17.2 Å². The van der Waals surface area contributed by atoms with E-state index in [2.05, 4.69) is 57.8 Å². The van der Waals surface area contributed by atoms with Gasteiger partial charge >= 0.3 is 0 Å². The molecule has 1 aliphatic heterocycles. The van der Waals surface area contributed by atoms with Crippen LogP contribution in [0.2, 0.25) is 0 Å². The summed E-state index contributed by atoms with van der Waals surface area (Å²) in [5.74, 6) is 1.14. The zero-order chi connectivity index (χ0) is 17.5. The van der Waals surface area contributed by atoms with E-state index in [0.29, 0.717) is 0 Å². The van der Waals surface area contributed by atoms with E-state index in [0.717, 1.165) is 57.9 Å². The Kier molecular flexibility index (Phi) is 6.09. The van der Waals surface area contributed by atoms with Crippen molar-refractivity contribution in [1.29, 1.82) is 0 Å². The maximum Gasteiger partial charge on any atom is 0.152 e. The van der Waals surface area contributed by atoms with Gasteiger partial charge in [-0.3, -0.25) is 4.98 Å². The molecule has 0 saturated carbocycles. The first-order chi connectivity index (χ1) is 12.3. The lowest BCUT2D eigenvalue weighted by Crippen LogP contribution is -2.47. The number of hydrogen-bond donors (Lipinski definition) is 0. The molecule has 25 heavy (non-hydrogen) atoms. The highest BCUT2D eigenvalue weighted by Crippen LogP contribution is 2.28. The Morgan fingerprint density at radius 1 is 0.880 bits per heavy atom. The van der Waals surface area contributed by atoms with Crippen molar-refractivity contribution in [3.63, 3.8) is 0 Å². The van der Waals surface area contributed by atoms with Crippen LogP contribution in [0.3, 0.4) is 0 Å². The summed E-state index contributed by atoms with van der Waals surface area (Å²) in [7, 11) is 0. The highest BCUT2D eigenvalue weighted by molar-refractivity contribution is 5.67. The lowest BCUT2D eigenvalue weighted by molar-refractivity contribution is 0.644. The SMILES string of the molecule is CCCN(CCC)c1cccnc1N1CCN(c2ccncc2)CC1. The second kappa shape index (κ2) is 8.70. The molecule has 134 valence electrons. The maximum absolute atomic E-state index is 4.74. The molecule has 5 nitrogen and oxygen atoms in total. The topological polar surface area (TPSA) is 35.5 Å². The van der Waals surface area contributed by atoms with E-state index in [1.807, 2.05) is 18.6 Å². The molecule has 0 spiro atoms. The summed E-state index contributed by atoms with van der Waals surface area (Å²) < 4.78 is 0. The minimum absolute atomic E-state index is 0.998. The Balaban J connectivity index is 1.73. The molecule has 0 bridgehead atoms. The van der Waals surface area contributed by atoms with Crippen LogP contribution >= 0.6 is 0 Å². The first-order valence-electron chi connectivity index (χ1n) is 9.43. The maximum atomic E-state index is 4.74. The van der Waals surface area contributed by atoms with Gasteiger partial charge in [0.15, 0.2) is 5.82 Å². The van der Waals surface area contributed by atoms with Crippen LogP contribution in [0.15, 0.2) is 42.9 Å². The second-order valence-electron chi connectivity index (χ2n) is 6.51. The van der Waals surface area contributed by atoms with Gasteiger partial charge in [-0.15, -0.1) is 0 Å². The van der Waals surface area contributed by atoms with Crippen LogP contribution in [0.25, 0.3) is 0 Å². The highest BCUT2D eigenvalue weighted by atomic mass is 15.3. The van der Waals surface area contributed by atoms with Gasteiger partial charge in [0.1, 0.15) is 0 Å². The number of piperazine rings is 1. The fourth-order valence-corrected chi connectivity index (χ4v) is 3.50.